The third-order valence-electron chi connectivity index (χ3n) is 8.59. The number of benzene rings is 4. The lowest BCUT2D eigenvalue weighted by molar-refractivity contribution is 0.332. The van der Waals surface area contributed by atoms with Crippen molar-refractivity contribution in [2.75, 3.05) is 0 Å². The highest BCUT2D eigenvalue weighted by molar-refractivity contribution is 6.13. The van der Waals surface area contributed by atoms with Crippen molar-refractivity contribution in [2.45, 2.75) is 51.4 Å². The predicted molar refractivity (Wildman–Crippen MR) is 155 cm³/mol. The fraction of sp³-hybridized carbons (Fsp3) is 0.229. The molecule has 0 atom stereocenters. The van der Waals surface area contributed by atoms with Gasteiger partial charge in [-0.15, -0.1) is 0 Å². The van der Waals surface area contributed by atoms with Gasteiger partial charge in [0.25, 0.3) is 0 Å². The SMILES string of the molecule is CC1(C)CCC(C)(C)c2cc3cc(-c4cccc5c4oc4c(-c6ccccn6)cccc45)ccc3cc21. The minimum atomic E-state index is 0.190. The molecule has 0 saturated carbocycles. The first-order valence-electron chi connectivity index (χ1n) is 13.3. The van der Waals surface area contributed by atoms with Crippen molar-refractivity contribution in [1.29, 1.82) is 0 Å². The minimum absolute atomic E-state index is 0.190. The summed E-state index contributed by atoms with van der Waals surface area (Å²) in [6.07, 6.45) is 4.28. The molecule has 4 aromatic carbocycles. The molecule has 0 fully saturated rings. The normalized spacial score (nSPS) is 16.3. The van der Waals surface area contributed by atoms with Crippen molar-refractivity contribution >= 4 is 32.7 Å². The summed E-state index contributed by atoms with van der Waals surface area (Å²) in [4.78, 5) is 4.58. The molecule has 182 valence electrons. The molecule has 2 aromatic heterocycles. The van der Waals surface area contributed by atoms with Gasteiger partial charge >= 0.3 is 0 Å². The second-order valence-electron chi connectivity index (χ2n) is 11.9. The molecule has 0 aliphatic heterocycles. The maximum atomic E-state index is 6.65. The van der Waals surface area contributed by atoms with Gasteiger partial charge in [-0.2, -0.15) is 0 Å². The summed E-state index contributed by atoms with van der Waals surface area (Å²) in [7, 11) is 0. The summed E-state index contributed by atoms with van der Waals surface area (Å²) in [6.45, 7) is 9.57. The lowest BCUT2D eigenvalue weighted by Crippen LogP contribution is -2.33. The largest absolute Gasteiger partial charge is 0.455 e. The third-order valence-corrected chi connectivity index (χ3v) is 8.59. The maximum absolute atomic E-state index is 6.65. The van der Waals surface area contributed by atoms with Crippen LogP contribution in [0.2, 0.25) is 0 Å². The van der Waals surface area contributed by atoms with Gasteiger partial charge in [0.05, 0.1) is 5.69 Å². The van der Waals surface area contributed by atoms with Crippen LogP contribution >= 0.6 is 0 Å². The molecule has 6 aromatic rings. The lowest BCUT2D eigenvalue weighted by Gasteiger charge is -2.42. The van der Waals surface area contributed by atoms with E-state index in [-0.39, 0.29) is 10.8 Å². The molecular weight excluding hydrogens is 450 g/mol. The zero-order valence-corrected chi connectivity index (χ0v) is 21.9. The van der Waals surface area contributed by atoms with E-state index < -0.39 is 0 Å². The van der Waals surface area contributed by atoms with Crippen LogP contribution in [0.3, 0.4) is 0 Å². The third kappa shape index (κ3) is 3.43. The molecular formula is C35H31NO. The second-order valence-corrected chi connectivity index (χ2v) is 11.9. The summed E-state index contributed by atoms with van der Waals surface area (Å²) in [5.41, 5.74) is 9.48. The second kappa shape index (κ2) is 7.79. The molecule has 2 nitrogen and oxygen atoms in total. The van der Waals surface area contributed by atoms with Crippen molar-refractivity contribution < 1.29 is 4.42 Å². The van der Waals surface area contributed by atoms with Gasteiger partial charge < -0.3 is 4.42 Å². The lowest BCUT2D eigenvalue weighted by atomic mass is 9.63. The Hall–Kier alpha value is -3.91. The highest BCUT2D eigenvalue weighted by atomic mass is 16.3. The Kier molecular flexibility index (Phi) is 4.70. The Labute approximate surface area is 218 Å². The van der Waals surface area contributed by atoms with Crippen LogP contribution in [-0.4, -0.2) is 4.98 Å². The summed E-state index contributed by atoms with van der Waals surface area (Å²) in [6, 6.07) is 30.6. The molecule has 0 bridgehead atoms. The highest BCUT2D eigenvalue weighted by Crippen LogP contribution is 2.47. The molecule has 0 radical (unpaired) electrons. The van der Waals surface area contributed by atoms with Crippen molar-refractivity contribution in [3.63, 3.8) is 0 Å². The fourth-order valence-corrected chi connectivity index (χ4v) is 6.25. The number of nitrogens with zero attached hydrogens (tertiary/aromatic N) is 1. The molecule has 37 heavy (non-hydrogen) atoms. The van der Waals surface area contributed by atoms with Crippen molar-refractivity contribution in [3.8, 4) is 22.4 Å². The first kappa shape index (κ1) is 22.3. The van der Waals surface area contributed by atoms with Crippen LogP contribution in [0, 0.1) is 0 Å². The topological polar surface area (TPSA) is 26.0 Å². The molecule has 0 N–H and O–H groups in total. The summed E-state index contributed by atoms with van der Waals surface area (Å²) >= 11 is 0. The van der Waals surface area contributed by atoms with E-state index in [1.807, 2.05) is 24.4 Å². The number of aromatic nitrogens is 1. The summed E-state index contributed by atoms with van der Waals surface area (Å²) < 4.78 is 6.65. The molecule has 0 amide bonds. The molecule has 2 heteroatoms. The smallest absolute Gasteiger partial charge is 0.144 e. The molecule has 7 rings (SSSR count). The quantitative estimate of drug-likeness (QED) is 0.246. The number of hydrogen-bond acceptors (Lipinski definition) is 2. The van der Waals surface area contributed by atoms with Gasteiger partial charge in [-0.3, -0.25) is 4.98 Å². The highest BCUT2D eigenvalue weighted by Gasteiger charge is 2.37. The Morgan fingerprint density at radius 1 is 0.622 bits per heavy atom. The van der Waals surface area contributed by atoms with Gasteiger partial charge in [-0.05, 0) is 75.4 Å². The van der Waals surface area contributed by atoms with E-state index in [1.165, 1.54) is 40.3 Å². The van der Waals surface area contributed by atoms with E-state index in [9.17, 15) is 0 Å². The minimum Gasteiger partial charge on any atom is -0.455 e. The Bertz CT molecular complexity index is 1820. The van der Waals surface area contributed by atoms with Crippen molar-refractivity contribution in [2.24, 2.45) is 0 Å². The van der Waals surface area contributed by atoms with E-state index in [0.717, 1.165) is 38.8 Å². The fourth-order valence-electron chi connectivity index (χ4n) is 6.25. The van der Waals surface area contributed by atoms with Gasteiger partial charge in [0.15, 0.2) is 0 Å². The number of fused-ring (bicyclic) bond motifs is 5. The monoisotopic (exact) mass is 481 g/mol. The number of furan rings is 1. The van der Waals surface area contributed by atoms with Crippen LogP contribution in [0.4, 0.5) is 0 Å². The van der Waals surface area contributed by atoms with Gasteiger partial charge in [0.1, 0.15) is 11.2 Å². The van der Waals surface area contributed by atoms with Crippen LogP contribution < -0.4 is 0 Å². The summed E-state index contributed by atoms with van der Waals surface area (Å²) in [5, 5.41) is 4.87. The van der Waals surface area contributed by atoms with E-state index in [0.29, 0.717) is 0 Å². The number of hydrogen-bond donors (Lipinski definition) is 0. The first-order chi connectivity index (χ1) is 17.8. The van der Waals surface area contributed by atoms with Crippen LogP contribution in [0.15, 0.2) is 95.5 Å². The van der Waals surface area contributed by atoms with E-state index >= 15 is 0 Å². The average Bonchev–Trinajstić information content (AvgIpc) is 3.30. The molecule has 0 unspecified atom stereocenters. The van der Waals surface area contributed by atoms with Crippen molar-refractivity contribution in [3.05, 3.63) is 102 Å². The standard InChI is InChI=1S/C35H31NO/c1-34(2)16-17-35(3,4)30-21-24-19-23(15-14-22(24)20-29(30)34)25-9-7-10-26-27-11-8-12-28(33(27)37-32(25)26)31-13-5-6-18-36-31/h5-15,18-21H,16-17H2,1-4H3. The maximum Gasteiger partial charge on any atom is 0.144 e. The number of para-hydroxylation sites is 2. The molecule has 0 spiro atoms. The molecule has 0 saturated heterocycles. The Balaban J connectivity index is 1.44. The Morgan fingerprint density at radius 2 is 1.27 bits per heavy atom. The number of rotatable bonds is 2. The van der Waals surface area contributed by atoms with E-state index in [2.05, 4.69) is 99.4 Å². The molecule has 1 aliphatic rings. The van der Waals surface area contributed by atoms with E-state index in [1.54, 1.807) is 0 Å². The van der Waals surface area contributed by atoms with Crippen LogP contribution in [0.25, 0.3) is 55.1 Å². The number of pyridine rings is 1. The molecule has 1 aliphatic carbocycles. The van der Waals surface area contributed by atoms with Crippen LogP contribution in [0.1, 0.15) is 51.7 Å². The Morgan fingerprint density at radius 3 is 1.95 bits per heavy atom. The van der Waals surface area contributed by atoms with Crippen LogP contribution in [-0.2, 0) is 10.8 Å². The molecule has 2 heterocycles. The zero-order chi connectivity index (χ0) is 25.4. The van der Waals surface area contributed by atoms with Gasteiger partial charge in [0.2, 0.25) is 0 Å². The average molecular weight is 482 g/mol. The van der Waals surface area contributed by atoms with Gasteiger partial charge in [0, 0.05) is 28.1 Å². The summed E-state index contributed by atoms with van der Waals surface area (Å²) in [5.74, 6) is 0. The predicted octanol–water partition coefficient (Wildman–Crippen LogP) is 9.82. The van der Waals surface area contributed by atoms with Gasteiger partial charge in [-0.25, -0.2) is 0 Å². The van der Waals surface area contributed by atoms with Crippen LogP contribution in [0.5, 0.6) is 0 Å². The zero-order valence-electron chi connectivity index (χ0n) is 21.9. The first-order valence-corrected chi connectivity index (χ1v) is 13.3. The van der Waals surface area contributed by atoms with E-state index in [4.69, 9.17) is 4.42 Å². The van der Waals surface area contributed by atoms with Crippen molar-refractivity contribution in [1.82, 2.24) is 4.98 Å². The van der Waals surface area contributed by atoms with Gasteiger partial charge in [-0.1, -0.05) is 88.4 Å².